The fraction of sp³-hybridized carbons (Fsp3) is 0.154. The molecule has 1 aromatic heterocycles. The molecular weight excluding hydrogens is 234 g/mol. The van der Waals surface area contributed by atoms with Gasteiger partial charge in [-0.25, -0.2) is 9.97 Å². The van der Waals surface area contributed by atoms with Gasteiger partial charge in [-0.2, -0.15) is 5.26 Å². The summed E-state index contributed by atoms with van der Waals surface area (Å²) in [6.07, 6.45) is 1.68. The van der Waals surface area contributed by atoms with Crippen molar-refractivity contribution in [3.05, 3.63) is 46.4 Å². The fourth-order valence-corrected chi connectivity index (χ4v) is 1.74. The van der Waals surface area contributed by atoms with Crippen LogP contribution in [-0.2, 0) is 0 Å². The van der Waals surface area contributed by atoms with E-state index >= 15 is 0 Å². The van der Waals surface area contributed by atoms with Crippen LogP contribution in [0.15, 0.2) is 24.4 Å². The average molecular weight is 244 g/mol. The summed E-state index contributed by atoms with van der Waals surface area (Å²) in [5, 5.41) is 9.22. The molecular formula is C13H10ClN3. The van der Waals surface area contributed by atoms with E-state index < -0.39 is 0 Å². The monoisotopic (exact) mass is 243 g/mol. The number of hydrogen-bond donors (Lipinski definition) is 0. The van der Waals surface area contributed by atoms with Crippen molar-refractivity contribution in [1.82, 2.24) is 9.97 Å². The van der Waals surface area contributed by atoms with Crippen LogP contribution in [0.5, 0.6) is 0 Å². The molecule has 0 fully saturated rings. The van der Waals surface area contributed by atoms with Gasteiger partial charge in [-0.15, -0.1) is 0 Å². The summed E-state index contributed by atoms with van der Waals surface area (Å²) in [4.78, 5) is 8.11. The van der Waals surface area contributed by atoms with E-state index in [4.69, 9.17) is 16.9 Å². The molecule has 1 aromatic carbocycles. The molecule has 0 bridgehead atoms. The molecule has 0 aliphatic rings. The van der Waals surface area contributed by atoms with Crippen LogP contribution in [0.2, 0.25) is 5.28 Å². The van der Waals surface area contributed by atoms with Crippen molar-refractivity contribution < 1.29 is 0 Å². The van der Waals surface area contributed by atoms with Crippen molar-refractivity contribution in [2.75, 3.05) is 0 Å². The Bertz CT molecular complexity index is 615. The molecule has 84 valence electrons. The average Bonchev–Trinajstić information content (AvgIpc) is 2.33. The van der Waals surface area contributed by atoms with Gasteiger partial charge in [0.05, 0.1) is 17.3 Å². The molecule has 0 radical (unpaired) electrons. The van der Waals surface area contributed by atoms with E-state index in [1.165, 1.54) is 0 Å². The van der Waals surface area contributed by atoms with Crippen LogP contribution < -0.4 is 0 Å². The van der Waals surface area contributed by atoms with E-state index in [1.54, 1.807) is 6.20 Å². The van der Waals surface area contributed by atoms with Crippen LogP contribution in [0.4, 0.5) is 0 Å². The van der Waals surface area contributed by atoms with E-state index in [0.717, 1.165) is 22.4 Å². The second-order valence-electron chi connectivity index (χ2n) is 3.81. The van der Waals surface area contributed by atoms with Crippen LogP contribution in [0, 0.1) is 25.2 Å². The first-order chi connectivity index (χ1) is 8.11. The number of halogens is 1. The Kier molecular flexibility index (Phi) is 3.08. The van der Waals surface area contributed by atoms with Gasteiger partial charge in [0, 0.05) is 11.8 Å². The molecule has 0 aliphatic carbocycles. The Morgan fingerprint density at radius 1 is 1.24 bits per heavy atom. The predicted molar refractivity (Wildman–Crippen MR) is 66.7 cm³/mol. The third-order valence-corrected chi connectivity index (χ3v) is 2.76. The smallest absolute Gasteiger partial charge is 0.222 e. The fourth-order valence-electron chi connectivity index (χ4n) is 1.60. The lowest BCUT2D eigenvalue weighted by Crippen LogP contribution is -1.93. The Labute approximate surface area is 105 Å². The molecule has 3 nitrogen and oxygen atoms in total. The zero-order valence-corrected chi connectivity index (χ0v) is 10.3. The third-order valence-electron chi connectivity index (χ3n) is 2.57. The highest BCUT2D eigenvalue weighted by Crippen LogP contribution is 2.24. The number of aromatic nitrogens is 2. The summed E-state index contributed by atoms with van der Waals surface area (Å²) >= 11 is 5.78. The van der Waals surface area contributed by atoms with Crippen LogP contribution in [0.1, 0.15) is 16.7 Å². The first-order valence-electron chi connectivity index (χ1n) is 5.12. The van der Waals surface area contributed by atoms with E-state index in [2.05, 4.69) is 16.0 Å². The number of nitriles is 1. The van der Waals surface area contributed by atoms with Gasteiger partial charge in [-0.1, -0.05) is 12.1 Å². The summed E-state index contributed by atoms with van der Waals surface area (Å²) < 4.78 is 0. The van der Waals surface area contributed by atoms with Gasteiger partial charge in [0.15, 0.2) is 0 Å². The van der Waals surface area contributed by atoms with E-state index in [0.29, 0.717) is 5.56 Å². The standard InChI is InChI=1S/C13H10ClN3/c1-8-3-4-10(5-11(8)6-15)12-9(2)7-16-13(14)17-12/h3-5,7H,1-2H3. The molecule has 4 heteroatoms. The number of nitrogens with zero attached hydrogens (tertiary/aromatic N) is 3. The van der Waals surface area contributed by atoms with Crippen molar-refractivity contribution >= 4 is 11.6 Å². The van der Waals surface area contributed by atoms with Gasteiger partial charge in [-0.05, 0) is 42.6 Å². The van der Waals surface area contributed by atoms with Gasteiger partial charge >= 0.3 is 0 Å². The Balaban J connectivity index is 2.61. The Morgan fingerprint density at radius 3 is 2.71 bits per heavy atom. The van der Waals surface area contributed by atoms with Crippen LogP contribution in [0.25, 0.3) is 11.3 Å². The molecule has 17 heavy (non-hydrogen) atoms. The molecule has 0 spiro atoms. The molecule has 0 unspecified atom stereocenters. The number of rotatable bonds is 1. The van der Waals surface area contributed by atoms with Gasteiger partial charge in [0.25, 0.3) is 0 Å². The highest BCUT2D eigenvalue weighted by atomic mass is 35.5. The maximum absolute atomic E-state index is 9.00. The minimum atomic E-state index is 0.213. The normalized spacial score (nSPS) is 10.0. The zero-order valence-electron chi connectivity index (χ0n) is 9.53. The van der Waals surface area contributed by atoms with Gasteiger partial charge < -0.3 is 0 Å². The maximum Gasteiger partial charge on any atom is 0.222 e. The third kappa shape index (κ3) is 2.27. The van der Waals surface area contributed by atoms with Gasteiger partial charge in [0.2, 0.25) is 5.28 Å². The van der Waals surface area contributed by atoms with Crippen molar-refractivity contribution in [2.45, 2.75) is 13.8 Å². The first-order valence-corrected chi connectivity index (χ1v) is 5.50. The van der Waals surface area contributed by atoms with Gasteiger partial charge in [-0.3, -0.25) is 0 Å². The van der Waals surface area contributed by atoms with Crippen molar-refractivity contribution in [2.24, 2.45) is 0 Å². The highest BCUT2D eigenvalue weighted by molar-refractivity contribution is 6.28. The van der Waals surface area contributed by atoms with E-state index in [9.17, 15) is 0 Å². The van der Waals surface area contributed by atoms with Crippen LogP contribution in [0.3, 0.4) is 0 Å². The largest absolute Gasteiger partial charge is 0.226 e. The predicted octanol–water partition coefficient (Wildman–Crippen LogP) is 3.29. The molecule has 0 saturated heterocycles. The van der Waals surface area contributed by atoms with Crippen molar-refractivity contribution in [3.63, 3.8) is 0 Å². The maximum atomic E-state index is 9.00. The molecule has 0 saturated carbocycles. The number of benzene rings is 1. The summed E-state index contributed by atoms with van der Waals surface area (Å²) in [6.45, 7) is 3.82. The second kappa shape index (κ2) is 4.52. The van der Waals surface area contributed by atoms with Crippen molar-refractivity contribution in [3.8, 4) is 17.3 Å². The molecule has 0 N–H and O–H groups in total. The minimum absolute atomic E-state index is 0.213. The highest BCUT2D eigenvalue weighted by Gasteiger charge is 2.07. The lowest BCUT2D eigenvalue weighted by Gasteiger charge is -2.06. The summed E-state index contributed by atoms with van der Waals surface area (Å²) in [7, 11) is 0. The topological polar surface area (TPSA) is 49.6 Å². The van der Waals surface area contributed by atoms with Crippen LogP contribution >= 0.6 is 11.6 Å². The van der Waals surface area contributed by atoms with E-state index in [1.807, 2.05) is 32.0 Å². The Morgan fingerprint density at radius 2 is 2.00 bits per heavy atom. The minimum Gasteiger partial charge on any atom is -0.226 e. The molecule has 0 atom stereocenters. The molecule has 0 amide bonds. The zero-order chi connectivity index (χ0) is 12.4. The lowest BCUT2D eigenvalue weighted by atomic mass is 10.0. The first kappa shape index (κ1) is 11.6. The van der Waals surface area contributed by atoms with E-state index in [-0.39, 0.29) is 5.28 Å². The number of aryl methyl sites for hydroxylation is 2. The summed E-state index contributed by atoms with van der Waals surface area (Å²) in [5.74, 6) is 0. The van der Waals surface area contributed by atoms with Gasteiger partial charge in [0.1, 0.15) is 0 Å². The number of hydrogen-bond acceptors (Lipinski definition) is 3. The quantitative estimate of drug-likeness (QED) is 0.722. The summed E-state index contributed by atoms with van der Waals surface area (Å²) in [6, 6.07) is 7.82. The van der Waals surface area contributed by atoms with Crippen LogP contribution in [-0.4, -0.2) is 9.97 Å². The molecule has 1 heterocycles. The Hall–Kier alpha value is -1.92. The molecule has 2 aromatic rings. The summed E-state index contributed by atoms with van der Waals surface area (Å²) in [5.41, 5.74) is 4.18. The lowest BCUT2D eigenvalue weighted by molar-refractivity contribution is 1.13. The molecule has 0 aliphatic heterocycles. The SMILES string of the molecule is Cc1ccc(-c2nc(Cl)ncc2C)cc1C#N. The second-order valence-corrected chi connectivity index (χ2v) is 4.15. The van der Waals surface area contributed by atoms with Crippen molar-refractivity contribution in [1.29, 1.82) is 5.26 Å². The molecule has 2 rings (SSSR count).